The van der Waals surface area contributed by atoms with Gasteiger partial charge >= 0.3 is 0 Å². The van der Waals surface area contributed by atoms with Crippen molar-refractivity contribution in [2.45, 2.75) is 13.3 Å². The van der Waals surface area contributed by atoms with Crippen molar-refractivity contribution >= 4 is 16.7 Å². The second kappa shape index (κ2) is 3.72. The molecular weight excluding hydrogens is 208 g/mol. The lowest BCUT2D eigenvalue weighted by Crippen LogP contribution is -2.25. The van der Waals surface area contributed by atoms with E-state index in [0.717, 1.165) is 42.3 Å². The Hall–Kier alpha value is -0.680. The summed E-state index contributed by atoms with van der Waals surface area (Å²) in [5.41, 5.74) is 0. The molecule has 0 saturated carbocycles. The minimum absolute atomic E-state index is 0.832. The fourth-order valence-electron chi connectivity index (χ4n) is 2.53. The number of hydrogen-bond acceptors (Lipinski definition) is 5. The zero-order valence-electron chi connectivity index (χ0n) is 8.94. The van der Waals surface area contributed by atoms with Crippen LogP contribution in [-0.2, 0) is 6.42 Å². The molecule has 0 aliphatic carbocycles. The molecular formula is C10H16N4S. The Kier molecular flexibility index (Phi) is 2.36. The summed E-state index contributed by atoms with van der Waals surface area (Å²) in [5, 5.41) is 4.58. The summed E-state index contributed by atoms with van der Waals surface area (Å²) in [6, 6.07) is 0. The summed E-state index contributed by atoms with van der Waals surface area (Å²) in [5.74, 6) is 2.66. The van der Waals surface area contributed by atoms with Gasteiger partial charge in [-0.2, -0.15) is 4.37 Å². The minimum atomic E-state index is 0.832. The molecule has 2 aliphatic heterocycles. The summed E-state index contributed by atoms with van der Waals surface area (Å²) < 4.78 is 4.35. The zero-order valence-corrected chi connectivity index (χ0v) is 9.76. The lowest BCUT2D eigenvalue weighted by atomic mass is 10.0. The minimum Gasteiger partial charge on any atom is -0.346 e. The van der Waals surface area contributed by atoms with Crippen LogP contribution in [0.25, 0.3) is 0 Å². The average molecular weight is 224 g/mol. The van der Waals surface area contributed by atoms with Gasteiger partial charge < -0.3 is 10.2 Å². The molecule has 82 valence electrons. The van der Waals surface area contributed by atoms with Gasteiger partial charge in [-0.15, -0.1) is 0 Å². The molecule has 1 aromatic heterocycles. The molecule has 0 amide bonds. The average Bonchev–Trinajstić information content (AvgIpc) is 2.91. The first-order valence-corrected chi connectivity index (χ1v) is 6.42. The SMILES string of the molecule is CCc1nsc(N2CC3CNCC3C2)n1. The molecule has 2 unspecified atom stereocenters. The summed E-state index contributed by atoms with van der Waals surface area (Å²) in [7, 11) is 0. The van der Waals surface area contributed by atoms with Crippen LogP contribution in [0.4, 0.5) is 5.13 Å². The quantitative estimate of drug-likeness (QED) is 0.805. The summed E-state index contributed by atoms with van der Waals surface area (Å²) in [6.45, 7) is 6.79. The van der Waals surface area contributed by atoms with Crippen LogP contribution in [0.2, 0.25) is 0 Å². The van der Waals surface area contributed by atoms with Gasteiger partial charge in [0.1, 0.15) is 5.82 Å². The van der Waals surface area contributed by atoms with Gasteiger partial charge in [0, 0.05) is 44.1 Å². The van der Waals surface area contributed by atoms with Gasteiger partial charge in [0.05, 0.1) is 0 Å². The van der Waals surface area contributed by atoms with Gasteiger partial charge in [-0.1, -0.05) is 6.92 Å². The molecule has 2 fully saturated rings. The van der Waals surface area contributed by atoms with E-state index in [1.807, 2.05) is 0 Å². The van der Waals surface area contributed by atoms with Crippen molar-refractivity contribution in [1.82, 2.24) is 14.7 Å². The van der Waals surface area contributed by atoms with E-state index < -0.39 is 0 Å². The second-order valence-electron chi connectivity index (χ2n) is 4.43. The van der Waals surface area contributed by atoms with E-state index in [1.165, 1.54) is 13.1 Å². The van der Waals surface area contributed by atoms with E-state index in [0.29, 0.717) is 0 Å². The molecule has 2 atom stereocenters. The molecule has 3 heterocycles. The van der Waals surface area contributed by atoms with E-state index in [9.17, 15) is 0 Å². The smallest absolute Gasteiger partial charge is 0.205 e. The van der Waals surface area contributed by atoms with Crippen LogP contribution in [-0.4, -0.2) is 35.5 Å². The lowest BCUT2D eigenvalue weighted by Gasteiger charge is -2.14. The van der Waals surface area contributed by atoms with E-state index in [2.05, 4.69) is 26.5 Å². The van der Waals surface area contributed by atoms with E-state index in [1.54, 1.807) is 11.5 Å². The zero-order chi connectivity index (χ0) is 10.3. The van der Waals surface area contributed by atoms with Crippen LogP contribution in [0.1, 0.15) is 12.7 Å². The summed E-state index contributed by atoms with van der Waals surface area (Å²) in [6.07, 6.45) is 0.943. The molecule has 1 N–H and O–H groups in total. The number of aryl methyl sites for hydroxylation is 1. The van der Waals surface area contributed by atoms with Gasteiger partial charge in [-0.05, 0) is 11.8 Å². The predicted octanol–water partition coefficient (Wildman–Crippen LogP) is 0.756. The molecule has 0 aromatic carbocycles. The van der Waals surface area contributed by atoms with E-state index in [4.69, 9.17) is 0 Å². The molecule has 5 heteroatoms. The number of hydrogen-bond donors (Lipinski definition) is 1. The third-order valence-corrected chi connectivity index (χ3v) is 4.25. The van der Waals surface area contributed by atoms with Crippen LogP contribution >= 0.6 is 11.5 Å². The molecule has 0 radical (unpaired) electrons. The summed E-state index contributed by atoms with van der Waals surface area (Å²) >= 11 is 1.55. The first kappa shape index (κ1) is 9.54. The van der Waals surface area contributed by atoms with Gasteiger partial charge in [0.2, 0.25) is 5.13 Å². The molecule has 15 heavy (non-hydrogen) atoms. The molecule has 0 spiro atoms. The van der Waals surface area contributed by atoms with Crippen LogP contribution in [0.3, 0.4) is 0 Å². The monoisotopic (exact) mass is 224 g/mol. The highest BCUT2D eigenvalue weighted by molar-refractivity contribution is 7.09. The van der Waals surface area contributed by atoms with Crippen molar-refractivity contribution < 1.29 is 0 Å². The number of rotatable bonds is 2. The van der Waals surface area contributed by atoms with Crippen LogP contribution in [0, 0.1) is 11.8 Å². The molecule has 2 aliphatic rings. The number of nitrogens with one attached hydrogen (secondary N) is 1. The predicted molar refractivity (Wildman–Crippen MR) is 61.3 cm³/mol. The second-order valence-corrected chi connectivity index (χ2v) is 5.16. The Bertz CT molecular complexity index is 339. The molecule has 3 rings (SSSR count). The van der Waals surface area contributed by atoms with Gasteiger partial charge in [0.25, 0.3) is 0 Å². The topological polar surface area (TPSA) is 41.1 Å². The largest absolute Gasteiger partial charge is 0.346 e. The number of nitrogens with zero attached hydrogens (tertiary/aromatic N) is 3. The maximum Gasteiger partial charge on any atom is 0.205 e. The van der Waals surface area contributed by atoms with Gasteiger partial charge in [-0.3, -0.25) is 0 Å². The Morgan fingerprint density at radius 2 is 2.13 bits per heavy atom. The van der Waals surface area contributed by atoms with Gasteiger partial charge in [-0.25, -0.2) is 4.98 Å². The molecule has 0 bridgehead atoms. The Balaban J connectivity index is 1.73. The normalized spacial score (nSPS) is 29.8. The number of anilines is 1. The van der Waals surface area contributed by atoms with Crippen LogP contribution in [0.5, 0.6) is 0 Å². The van der Waals surface area contributed by atoms with E-state index >= 15 is 0 Å². The van der Waals surface area contributed by atoms with Crippen LogP contribution < -0.4 is 10.2 Å². The third kappa shape index (κ3) is 1.63. The van der Waals surface area contributed by atoms with Crippen molar-refractivity contribution in [3.05, 3.63) is 5.82 Å². The molecule has 4 nitrogen and oxygen atoms in total. The third-order valence-electron chi connectivity index (χ3n) is 3.43. The highest BCUT2D eigenvalue weighted by Crippen LogP contribution is 2.31. The highest BCUT2D eigenvalue weighted by Gasteiger charge is 2.37. The fraction of sp³-hybridized carbons (Fsp3) is 0.800. The first-order chi connectivity index (χ1) is 7.36. The lowest BCUT2D eigenvalue weighted by molar-refractivity contribution is 0.533. The maximum absolute atomic E-state index is 4.55. The van der Waals surface area contributed by atoms with Gasteiger partial charge in [0.15, 0.2) is 0 Å². The van der Waals surface area contributed by atoms with Crippen LogP contribution in [0.15, 0.2) is 0 Å². The number of fused-ring (bicyclic) bond motifs is 1. The molecule has 2 saturated heterocycles. The van der Waals surface area contributed by atoms with Crippen molar-refractivity contribution in [2.24, 2.45) is 11.8 Å². The van der Waals surface area contributed by atoms with Crippen molar-refractivity contribution in [3.8, 4) is 0 Å². The first-order valence-electron chi connectivity index (χ1n) is 5.65. The van der Waals surface area contributed by atoms with E-state index in [-0.39, 0.29) is 0 Å². The Labute approximate surface area is 93.9 Å². The standard InChI is InChI=1S/C10H16N4S/c1-2-9-12-10(15-13-9)14-5-7-3-11-4-8(7)6-14/h7-8,11H,2-6H2,1H3. The Morgan fingerprint density at radius 1 is 1.40 bits per heavy atom. The Morgan fingerprint density at radius 3 is 2.73 bits per heavy atom. The molecule has 1 aromatic rings. The number of aromatic nitrogens is 2. The van der Waals surface area contributed by atoms with Crippen molar-refractivity contribution in [2.75, 3.05) is 31.1 Å². The highest BCUT2D eigenvalue weighted by atomic mass is 32.1. The fourth-order valence-corrected chi connectivity index (χ4v) is 3.30. The summed E-state index contributed by atoms with van der Waals surface area (Å²) in [4.78, 5) is 6.96. The van der Waals surface area contributed by atoms with Crippen molar-refractivity contribution in [3.63, 3.8) is 0 Å². The maximum atomic E-state index is 4.55. The van der Waals surface area contributed by atoms with Crippen molar-refractivity contribution in [1.29, 1.82) is 0 Å².